The van der Waals surface area contributed by atoms with E-state index in [4.69, 9.17) is 0 Å². The molecule has 1 aliphatic heterocycles. The highest BCUT2D eigenvalue weighted by Crippen LogP contribution is 2.32. The van der Waals surface area contributed by atoms with E-state index < -0.39 is 0 Å². The van der Waals surface area contributed by atoms with Crippen LogP contribution in [0.15, 0.2) is 24.3 Å². The number of benzene rings is 1. The zero-order chi connectivity index (χ0) is 17.8. The van der Waals surface area contributed by atoms with Gasteiger partial charge in [0.05, 0.1) is 17.5 Å². The summed E-state index contributed by atoms with van der Waals surface area (Å²) in [5.74, 6) is 0.310. The number of nitrogens with one attached hydrogen (secondary N) is 1. The number of piperidine rings is 1. The van der Waals surface area contributed by atoms with Crippen LogP contribution in [0, 0.1) is 5.92 Å². The molecule has 0 radical (unpaired) electrons. The predicted molar refractivity (Wildman–Crippen MR) is 102 cm³/mol. The van der Waals surface area contributed by atoms with Gasteiger partial charge in [0.2, 0.25) is 0 Å². The summed E-state index contributed by atoms with van der Waals surface area (Å²) in [4.78, 5) is 16.9. The molecule has 5 nitrogen and oxygen atoms in total. The van der Waals surface area contributed by atoms with Crippen molar-refractivity contribution in [2.75, 3.05) is 30.4 Å². The monoisotopic (exact) mass is 345 g/mol. The van der Waals surface area contributed by atoms with Gasteiger partial charge in [0.25, 0.3) is 0 Å². The summed E-state index contributed by atoms with van der Waals surface area (Å²) < 4.78 is 0. The number of carbonyl (C=O) groups is 1. The van der Waals surface area contributed by atoms with Gasteiger partial charge in [-0.1, -0.05) is 25.0 Å². The Hall–Kier alpha value is -1.75. The molecule has 5 heteroatoms. The normalized spacial score (nSPS) is 20.5. The summed E-state index contributed by atoms with van der Waals surface area (Å²) in [5, 5.41) is 12.8. The smallest absolute Gasteiger partial charge is 0.321 e. The molecule has 1 aromatic rings. The number of urea groups is 1. The van der Waals surface area contributed by atoms with E-state index in [0.717, 1.165) is 24.2 Å². The maximum Gasteiger partial charge on any atom is 0.321 e. The number of para-hydroxylation sites is 2. The first kappa shape index (κ1) is 18.1. The van der Waals surface area contributed by atoms with Crippen molar-refractivity contribution >= 4 is 17.4 Å². The molecule has 1 saturated heterocycles. The molecule has 0 bridgehead atoms. The Morgan fingerprint density at radius 2 is 1.84 bits per heavy atom. The molecule has 2 N–H and O–H groups in total. The van der Waals surface area contributed by atoms with Crippen LogP contribution in [0.1, 0.15) is 45.4 Å². The lowest BCUT2D eigenvalue weighted by atomic mass is 9.92. The average molecular weight is 345 g/mol. The van der Waals surface area contributed by atoms with E-state index in [1.54, 1.807) is 0 Å². The molecule has 2 fully saturated rings. The van der Waals surface area contributed by atoms with Crippen LogP contribution in [0.2, 0.25) is 0 Å². The maximum absolute atomic E-state index is 12.7. The first-order chi connectivity index (χ1) is 12.1. The number of rotatable bonds is 4. The molecule has 25 heavy (non-hydrogen) atoms. The minimum Gasteiger partial charge on any atom is -0.393 e. The SMILES string of the molecule is CC(O)C1CCN(C(=O)Nc2ccccc2N(C)C2CCCC2)CC1. The first-order valence-corrected chi connectivity index (χ1v) is 9.62. The van der Waals surface area contributed by atoms with Gasteiger partial charge in [-0.15, -0.1) is 0 Å². The predicted octanol–water partition coefficient (Wildman–Crippen LogP) is 3.69. The Bertz CT molecular complexity index is 576. The van der Waals surface area contributed by atoms with Crippen molar-refractivity contribution in [3.05, 3.63) is 24.3 Å². The van der Waals surface area contributed by atoms with Gasteiger partial charge in [-0.05, 0) is 50.7 Å². The molecule has 1 unspecified atom stereocenters. The fourth-order valence-corrected chi connectivity index (χ4v) is 4.15. The summed E-state index contributed by atoms with van der Waals surface area (Å²) in [7, 11) is 2.13. The summed E-state index contributed by atoms with van der Waals surface area (Å²) in [5.41, 5.74) is 1.99. The van der Waals surface area contributed by atoms with Crippen LogP contribution in [-0.4, -0.2) is 48.3 Å². The van der Waals surface area contributed by atoms with Crippen LogP contribution in [0.4, 0.5) is 16.2 Å². The van der Waals surface area contributed by atoms with Gasteiger partial charge in [-0.2, -0.15) is 0 Å². The number of likely N-dealkylation sites (tertiary alicyclic amines) is 1. The number of nitrogens with zero attached hydrogens (tertiary/aromatic N) is 2. The number of amides is 2. The van der Waals surface area contributed by atoms with Crippen molar-refractivity contribution < 1.29 is 9.90 Å². The third-order valence-electron chi connectivity index (χ3n) is 5.91. The molecule has 3 rings (SSSR count). The second-order valence-corrected chi connectivity index (χ2v) is 7.56. The van der Waals surface area contributed by atoms with Crippen molar-refractivity contribution in [3.8, 4) is 0 Å². The lowest BCUT2D eigenvalue weighted by Crippen LogP contribution is -2.43. The Balaban J connectivity index is 1.64. The molecular formula is C20H31N3O2. The van der Waals surface area contributed by atoms with Gasteiger partial charge in [-0.25, -0.2) is 4.79 Å². The van der Waals surface area contributed by atoms with Crippen molar-refractivity contribution in [2.24, 2.45) is 5.92 Å². The van der Waals surface area contributed by atoms with E-state index in [-0.39, 0.29) is 12.1 Å². The van der Waals surface area contributed by atoms with E-state index in [0.29, 0.717) is 25.0 Å². The Labute approximate surface area is 151 Å². The minimum atomic E-state index is -0.286. The molecule has 1 aromatic carbocycles. The van der Waals surface area contributed by atoms with E-state index >= 15 is 0 Å². The van der Waals surface area contributed by atoms with Crippen LogP contribution in [0.3, 0.4) is 0 Å². The van der Waals surface area contributed by atoms with Crippen LogP contribution < -0.4 is 10.2 Å². The number of hydrogen-bond donors (Lipinski definition) is 2. The molecule has 1 saturated carbocycles. The maximum atomic E-state index is 12.7. The topological polar surface area (TPSA) is 55.8 Å². The van der Waals surface area contributed by atoms with Gasteiger partial charge >= 0.3 is 6.03 Å². The number of hydrogen-bond acceptors (Lipinski definition) is 3. The number of anilines is 2. The van der Waals surface area contributed by atoms with E-state index in [2.05, 4.69) is 23.3 Å². The zero-order valence-electron chi connectivity index (χ0n) is 15.4. The largest absolute Gasteiger partial charge is 0.393 e. The molecule has 2 aliphatic rings. The molecular weight excluding hydrogens is 314 g/mol. The zero-order valence-corrected chi connectivity index (χ0v) is 15.4. The standard InChI is InChI=1S/C20H31N3O2/c1-15(24)16-11-13-23(14-12-16)20(25)21-18-9-5-6-10-19(18)22(2)17-7-3-4-8-17/h5-6,9-10,15-17,24H,3-4,7-8,11-14H2,1-2H3,(H,21,25). The fraction of sp³-hybridized carbons (Fsp3) is 0.650. The Morgan fingerprint density at radius 1 is 1.20 bits per heavy atom. The van der Waals surface area contributed by atoms with Crippen LogP contribution in [0.25, 0.3) is 0 Å². The van der Waals surface area contributed by atoms with Crippen LogP contribution in [-0.2, 0) is 0 Å². The molecule has 0 aromatic heterocycles. The van der Waals surface area contributed by atoms with Gasteiger partial charge in [0.1, 0.15) is 0 Å². The van der Waals surface area contributed by atoms with Crippen LogP contribution in [0.5, 0.6) is 0 Å². The Kier molecular flexibility index (Phi) is 5.84. The summed E-state index contributed by atoms with van der Waals surface area (Å²) in [6.07, 6.45) is 6.50. The van der Waals surface area contributed by atoms with Gasteiger partial charge < -0.3 is 20.2 Å². The average Bonchev–Trinajstić information content (AvgIpc) is 3.16. The molecule has 0 spiro atoms. The highest BCUT2D eigenvalue weighted by atomic mass is 16.3. The molecule has 138 valence electrons. The summed E-state index contributed by atoms with van der Waals surface area (Å²) >= 11 is 0. The third kappa shape index (κ3) is 4.27. The summed E-state index contributed by atoms with van der Waals surface area (Å²) in [6.45, 7) is 3.26. The molecule has 1 aliphatic carbocycles. The highest BCUT2D eigenvalue weighted by Gasteiger charge is 2.26. The molecule has 1 atom stereocenters. The number of carbonyl (C=O) groups excluding carboxylic acids is 1. The molecule has 2 amide bonds. The number of aliphatic hydroxyl groups excluding tert-OH is 1. The van der Waals surface area contributed by atoms with Crippen molar-refractivity contribution in [1.82, 2.24) is 4.90 Å². The van der Waals surface area contributed by atoms with Gasteiger partial charge in [0, 0.05) is 26.2 Å². The summed E-state index contributed by atoms with van der Waals surface area (Å²) in [6, 6.07) is 8.62. The lowest BCUT2D eigenvalue weighted by molar-refractivity contribution is 0.0820. The lowest BCUT2D eigenvalue weighted by Gasteiger charge is -2.34. The van der Waals surface area contributed by atoms with Crippen molar-refractivity contribution in [3.63, 3.8) is 0 Å². The second-order valence-electron chi connectivity index (χ2n) is 7.56. The minimum absolute atomic E-state index is 0.0312. The van der Waals surface area contributed by atoms with E-state index in [1.807, 2.05) is 30.0 Å². The second kappa shape index (κ2) is 8.09. The van der Waals surface area contributed by atoms with Gasteiger partial charge in [0.15, 0.2) is 0 Å². The van der Waals surface area contributed by atoms with E-state index in [1.165, 1.54) is 25.7 Å². The van der Waals surface area contributed by atoms with Crippen LogP contribution >= 0.6 is 0 Å². The quantitative estimate of drug-likeness (QED) is 0.875. The number of aliphatic hydroxyl groups is 1. The van der Waals surface area contributed by atoms with Crippen molar-refractivity contribution in [1.29, 1.82) is 0 Å². The fourth-order valence-electron chi connectivity index (χ4n) is 4.15. The molecule has 1 heterocycles. The highest BCUT2D eigenvalue weighted by molar-refractivity contribution is 5.93. The van der Waals surface area contributed by atoms with E-state index in [9.17, 15) is 9.90 Å². The van der Waals surface area contributed by atoms with Gasteiger partial charge in [-0.3, -0.25) is 0 Å². The third-order valence-corrected chi connectivity index (χ3v) is 5.91. The van der Waals surface area contributed by atoms with Crippen molar-refractivity contribution in [2.45, 2.75) is 57.6 Å². The Morgan fingerprint density at radius 3 is 2.48 bits per heavy atom. The first-order valence-electron chi connectivity index (χ1n) is 9.62.